The van der Waals surface area contributed by atoms with Crippen LogP contribution in [0.4, 0.5) is 24.9 Å². The third kappa shape index (κ3) is 6.40. The molecule has 4 N–H and O–H groups in total. The number of carboxylic acid groups (broad SMARTS) is 1. The van der Waals surface area contributed by atoms with Crippen molar-refractivity contribution in [3.63, 3.8) is 0 Å². The number of carbonyl (C=O) groups is 1. The van der Waals surface area contributed by atoms with Gasteiger partial charge in [0.1, 0.15) is 11.9 Å². The summed E-state index contributed by atoms with van der Waals surface area (Å²) in [6.07, 6.45) is -2.19. The number of methoxy groups -OCH3 is 1. The highest BCUT2D eigenvalue weighted by molar-refractivity contribution is 5.74. The highest BCUT2D eigenvalue weighted by Crippen LogP contribution is 2.42. The standard InChI is InChI=1S/C31H33F3N8O4/c1-18-7-10-42(40-18)23-13-19(20-4-6-25(45-2)36-16-20)3-5-21(23)27(31(32,33)34)46-26-14-24(38-29(35)39-26)41-11-8-30(9-12-41)15-22(28(43)44)37-17-30/h3-7,10,13-14,16,22,27,37H,8-9,11-12,15,17H2,1-2H3,(H,43,44)(H2,35,38,39)/t22-,27+/m0/s1. The van der Waals surface area contributed by atoms with E-state index in [1.807, 2.05) is 4.90 Å². The number of carboxylic acids is 1. The maximum atomic E-state index is 14.8. The summed E-state index contributed by atoms with van der Waals surface area (Å²) < 4.78 is 56.5. The van der Waals surface area contributed by atoms with Crippen molar-refractivity contribution in [1.29, 1.82) is 0 Å². The Bertz CT molecular complexity index is 1720. The minimum absolute atomic E-state index is 0.159. The van der Waals surface area contributed by atoms with Crippen LogP contribution in [0.3, 0.4) is 0 Å². The summed E-state index contributed by atoms with van der Waals surface area (Å²) in [7, 11) is 1.49. The number of rotatable bonds is 8. The number of halogens is 3. The van der Waals surface area contributed by atoms with Crippen LogP contribution in [0.5, 0.6) is 11.8 Å². The number of nitrogen functional groups attached to an aromatic ring is 1. The number of aryl methyl sites for hydroxylation is 1. The lowest BCUT2D eigenvalue weighted by Gasteiger charge is -2.39. The molecule has 46 heavy (non-hydrogen) atoms. The van der Waals surface area contributed by atoms with E-state index < -0.39 is 24.3 Å². The summed E-state index contributed by atoms with van der Waals surface area (Å²) in [6, 6.07) is 10.4. The molecule has 5 heterocycles. The fourth-order valence-corrected chi connectivity index (χ4v) is 6.13. The summed E-state index contributed by atoms with van der Waals surface area (Å²) in [5, 5.41) is 16.8. The molecule has 6 rings (SSSR count). The van der Waals surface area contributed by atoms with Gasteiger partial charge in [0.15, 0.2) is 0 Å². The van der Waals surface area contributed by atoms with Crippen LogP contribution in [0.1, 0.15) is 36.6 Å². The highest BCUT2D eigenvalue weighted by Gasteiger charge is 2.46. The molecular weight excluding hydrogens is 605 g/mol. The number of alkyl halides is 3. The number of nitrogens with two attached hydrogens (primary N) is 1. The Balaban J connectivity index is 1.30. The van der Waals surface area contributed by atoms with Gasteiger partial charge in [-0.25, -0.2) is 9.67 Å². The molecular formula is C31H33F3N8O4. The molecule has 0 unspecified atom stereocenters. The molecule has 2 aliphatic rings. The van der Waals surface area contributed by atoms with Gasteiger partial charge in [-0.15, -0.1) is 0 Å². The summed E-state index contributed by atoms with van der Waals surface area (Å²) in [5.41, 5.74) is 7.71. The monoisotopic (exact) mass is 638 g/mol. The minimum atomic E-state index is -4.84. The first-order valence-corrected chi connectivity index (χ1v) is 14.7. The van der Waals surface area contributed by atoms with Gasteiger partial charge in [-0.2, -0.15) is 28.2 Å². The first-order chi connectivity index (χ1) is 21.9. The van der Waals surface area contributed by atoms with Crippen LogP contribution in [-0.2, 0) is 4.79 Å². The number of ether oxygens (including phenoxy) is 2. The van der Waals surface area contributed by atoms with Crippen molar-refractivity contribution in [2.24, 2.45) is 5.41 Å². The Hall–Kier alpha value is -4.92. The third-order valence-electron chi connectivity index (χ3n) is 8.61. The number of aliphatic carboxylic acids is 1. The van der Waals surface area contributed by atoms with E-state index in [0.29, 0.717) is 67.4 Å². The average Bonchev–Trinajstić information content (AvgIpc) is 3.66. The molecule has 0 radical (unpaired) electrons. The number of nitrogens with one attached hydrogen (secondary N) is 1. The van der Waals surface area contributed by atoms with Crippen LogP contribution in [-0.4, -0.2) is 74.8 Å². The van der Waals surface area contributed by atoms with Crippen molar-refractivity contribution in [2.75, 3.05) is 37.4 Å². The lowest BCUT2D eigenvalue weighted by molar-refractivity contribution is -0.198. The Morgan fingerprint density at radius 3 is 2.48 bits per heavy atom. The first kappa shape index (κ1) is 31.1. The molecule has 2 aliphatic heterocycles. The van der Waals surface area contributed by atoms with Gasteiger partial charge >= 0.3 is 12.1 Å². The molecule has 0 saturated carbocycles. The molecule has 0 amide bonds. The van der Waals surface area contributed by atoms with Gasteiger partial charge in [-0.3, -0.25) is 4.79 Å². The average molecular weight is 639 g/mol. The van der Waals surface area contributed by atoms with E-state index in [9.17, 15) is 23.1 Å². The molecule has 242 valence electrons. The maximum Gasteiger partial charge on any atom is 0.429 e. The second-order valence-corrected chi connectivity index (χ2v) is 11.7. The molecule has 15 heteroatoms. The van der Waals surface area contributed by atoms with Gasteiger partial charge in [0.05, 0.1) is 18.5 Å². The lowest BCUT2D eigenvalue weighted by atomic mass is 9.76. The van der Waals surface area contributed by atoms with Crippen LogP contribution in [0.2, 0.25) is 0 Å². The van der Waals surface area contributed by atoms with Crippen LogP contribution in [0.15, 0.2) is 54.9 Å². The van der Waals surface area contributed by atoms with Crippen LogP contribution in [0, 0.1) is 12.3 Å². The Labute approximate surface area is 262 Å². The smallest absolute Gasteiger partial charge is 0.429 e. The number of hydrogen-bond donors (Lipinski definition) is 3. The maximum absolute atomic E-state index is 14.8. The number of anilines is 2. The first-order valence-electron chi connectivity index (χ1n) is 14.7. The number of piperidine rings is 1. The van der Waals surface area contributed by atoms with Crippen LogP contribution >= 0.6 is 0 Å². The number of hydrogen-bond acceptors (Lipinski definition) is 10. The second kappa shape index (κ2) is 12.1. The minimum Gasteiger partial charge on any atom is -0.481 e. The topological polar surface area (TPSA) is 154 Å². The molecule has 3 aromatic heterocycles. The van der Waals surface area contributed by atoms with Gasteiger partial charge < -0.3 is 30.5 Å². The van der Waals surface area contributed by atoms with Crippen molar-refractivity contribution in [1.82, 2.24) is 30.0 Å². The number of nitrogens with zero attached hydrogens (tertiary/aromatic N) is 6. The quantitative estimate of drug-likeness (QED) is 0.253. The molecule has 4 aromatic rings. The zero-order chi connectivity index (χ0) is 32.6. The van der Waals surface area contributed by atoms with Crippen molar-refractivity contribution in [2.45, 2.75) is 44.5 Å². The highest BCUT2D eigenvalue weighted by atomic mass is 19.4. The van der Waals surface area contributed by atoms with Crippen LogP contribution in [0.25, 0.3) is 16.8 Å². The van der Waals surface area contributed by atoms with Gasteiger partial charge in [0.25, 0.3) is 0 Å². The third-order valence-corrected chi connectivity index (χ3v) is 8.61. The zero-order valence-corrected chi connectivity index (χ0v) is 25.2. The van der Waals surface area contributed by atoms with Gasteiger partial charge in [-0.05, 0) is 55.4 Å². The Morgan fingerprint density at radius 2 is 1.87 bits per heavy atom. The lowest BCUT2D eigenvalue weighted by Crippen LogP contribution is -2.41. The predicted octanol–water partition coefficient (Wildman–Crippen LogP) is 4.34. The summed E-state index contributed by atoms with van der Waals surface area (Å²) in [5.74, 6) is -0.688. The second-order valence-electron chi connectivity index (χ2n) is 11.7. The van der Waals surface area contributed by atoms with E-state index in [-0.39, 0.29) is 28.5 Å². The molecule has 0 aliphatic carbocycles. The van der Waals surface area contributed by atoms with E-state index in [1.54, 1.807) is 49.6 Å². The molecule has 2 fully saturated rings. The zero-order valence-electron chi connectivity index (χ0n) is 25.2. The van der Waals surface area contributed by atoms with Crippen molar-refractivity contribution in [3.8, 4) is 28.6 Å². The van der Waals surface area contributed by atoms with E-state index in [2.05, 4.69) is 25.4 Å². The van der Waals surface area contributed by atoms with Crippen molar-refractivity contribution < 1.29 is 32.5 Å². The van der Waals surface area contributed by atoms with E-state index in [1.165, 1.54) is 23.9 Å². The van der Waals surface area contributed by atoms with E-state index >= 15 is 0 Å². The molecule has 2 atom stereocenters. The van der Waals surface area contributed by atoms with Crippen LogP contribution < -0.4 is 25.4 Å². The predicted molar refractivity (Wildman–Crippen MR) is 162 cm³/mol. The van der Waals surface area contributed by atoms with Gasteiger partial charge in [0, 0.05) is 55.3 Å². The van der Waals surface area contributed by atoms with E-state index in [4.69, 9.17) is 15.2 Å². The Kier molecular flexibility index (Phi) is 8.19. The van der Waals surface area contributed by atoms with Gasteiger partial charge in [0.2, 0.25) is 23.8 Å². The van der Waals surface area contributed by atoms with Crippen molar-refractivity contribution in [3.05, 3.63) is 66.1 Å². The molecule has 1 spiro atoms. The SMILES string of the molecule is COc1ccc(-c2ccc([C@@H](Oc3cc(N4CCC5(CC4)CN[C@H](C(=O)O)C5)nc(N)n3)C(F)(F)F)c(-n3ccc(C)n3)c2)cn1. The summed E-state index contributed by atoms with van der Waals surface area (Å²) in [4.78, 5) is 25.8. The number of benzene rings is 1. The number of pyridine rings is 1. The fraction of sp³-hybridized carbons (Fsp3) is 0.387. The van der Waals surface area contributed by atoms with Gasteiger partial charge in [-0.1, -0.05) is 12.1 Å². The largest absolute Gasteiger partial charge is 0.481 e. The molecule has 2 saturated heterocycles. The normalized spacial score (nSPS) is 18.5. The Morgan fingerprint density at radius 1 is 1.11 bits per heavy atom. The summed E-state index contributed by atoms with van der Waals surface area (Å²) in [6.45, 7) is 3.39. The van der Waals surface area contributed by atoms with Crippen molar-refractivity contribution >= 4 is 17.7 Å². The molecule has 0 bridgehead atoms. The van der Waals surface area contributed by atoms with E-state index in [0.717, 1.165) is 0 Å². The molecule has 1 aromatic carbocycles. The molecule has 12 nitrogen and oxygen atoms in total. The fourth-order valence-electron chi connectivity index (χ4n) is 6.13. The number of aromatic nitrogens is 5. The summed E-state index contributed by atoms with van der Waals surface area (Å²) >= 11 is 0.